The zero-order chi connectivity index (χ0) is 23.3. The number of nitrogens with one attached hydrogen (secondary N) is 1. The summed E-state index contributed by atoms with van der Waals surface area (Å²) >= 11 is 0. The number of aryl methyl sites for hydroxylation is 1. The molecule has 10 heteroatoms. The molecule has 0 spiro atoms. The van der Waals surface area contributed by atoms with Crippen LogP contribution in [0.4, 0.5) is 18.9 Å². The second-order valence-electron chi connectivity index (χ2n) is 7.08. The number of halogens is 3. The van der Waals surface area contributed by atoms with Gasteiger partial charge >= 0.3 is 12.0 Å². The summed E-state index contributed by atoms with van der Waals surface area (Å²) in [6.07, 6.45) is -3.33. The van der Waals surface area contributed by atoms with E-state index in [0.717, 1.165) is 11.8 Å². The number of rotatable bonds is 4. The van der Waals surface area contributed by atoms with Crippen LogP contribution in [0.1, 0.15) is 15.9 Å². The first-order valence-corrected chi connectivity index (χ1v) is 9.34. The van der Waals surface area contributed by atoms with Crippen LogP contribution in [0, 0.1) is 6.92 Å². The van der Waals surface area contributed by atoms with E-state index in [-0.39, 0.29) is 22.6 Å². The van der Waals surface area contributed by atoms with Crippen LogP contribution >= 0.6 is 0 Å². The highest BCUT2D eigenvalue weighted by atomic mass is 19.4. The lowest BCUT2D eigenvalue weighted by Gasteiger charge is -2.37. The number of methoxy groups -OCH3 is 2. The molecular formula is C22H18F3NO6. The molecule has 4 rings (SSSR count). The number of ether oxygens (including phenoxy) is 3. The maximum atomic E-state index is 14.0. The molecule has 32 heavy (non-hydrogen) atoms. The number of hydrogen-bond acceptors (Lipinski definition) is 7. The van der Waals surface area contributed by atoms with Crippen molar-refractivity contribution >= 4 is 22.4 Å². The summed E-state index contributed by atoms with van der Waals surface area (Å²) in [5, 5.41) is 13.5. The molecule has 168 valence electrons. The Morgan fingerprint density at radius 2 is 1.75 bits per heavy atom. The average molecular weight is 449 g/mol. The maximum Gasteiger partial charge on any atom is 0.460 e. The molecule has 2 N–H and O–H groups in total. The van der Waals surface area contributed by atoms with E-state index >= 15 is 0 Å². The number of Topliss-reactive ketones (excluding diaryl/α,β-unsaturated/α-hetero) is 1. The molecule has 0 radical (unpaired) electrons. The predicted octanol–water partition coefficient (Wildman–Crippen LogP) is 4.58. The van der Waals surface area contributed by atoms with Crippen molar-refractivity contribution in [3.8, 4) is 17.2 Å². The van der Waals surface area contributed by atoms with Crippen molar-refractivity contribution in [3.05, 3.63) is 59.5 Å². The molecule has 2 aromatic carbocycles. The lowest BCUT2D eigenvalue weighted by molar-refractivity contribution is -0.315. The number of furan rings is 1. The molecule has 7 nitrogen and oxygen atoms in total. The van der Waals surface area contributed by atoms with Gasteiger partial charge in [-0.05, 0) is 25.1 Å². The number of aliphatic hydroxyl groups is 1. The zero-order valence-electron chi connectivity index (χ0n) is 17.2. The van der Waals surface area contributed by atoms with Crippen LogP contribution in [0.15, 0.2) is 52.8 Å². The van der Waals surface area contributed by atoms with Gasteiger partial charge in [0.2, 0.25) is 11.5 Å². The smallest absolute Gasteiger partial charge is 0.460 e. The van der Waals surface area contributed by atoms with Crippen LogP contribution in [-0.2, 0) is 0 Å². The van der Waals surface area contributed by atoms with E-state index in [1.807, 2.05) is 6.92 Å². The second-order valence-corrected chi connectivity index (χ2v) is 7.08. The Balaban J connectivity index is 1.95. The summed E-state index contributed by atoms with van der Waals surface area (Å²) in [5.74, 6) is -6.08. The van der Waals surface area contributed by atoms with E-state index in [1.165, 1.54) is 26.5 Å². The topological polar surface area (TPSA) is 90.2 Å². The van der Waals surface area contributed by atoms with Gasteiger partial charge in [-0.1, -0.05) is 17.7 Å². The highest BCUT2D eigenvalue weighted by Crippen LogP contribution is 2.54. The van der Waals surface area contributed by atoms with Crippen molar-refractivity contribution < 1.29 is 41.7 Å². The highest BCUT2D eigenvalue weighted by Gasteiger charge is 2.64. The number of carbonyl (C=O) groups excluding carboxylic acids is 1. The van der Waals surface area contributed by atoms with Crippen LogP contribution in [0.5, 0.6) is 17.2 Å². The van der Waals surface area contributed by atoms with E-state index in [2.05, 4.69) is 5.32 Å². The third kappa shape index (κ3) is 3.14. The number of fused-ring (bicyclic) bond motifs is 2. The first-order chi connectivity index (χ1) is 15.1. The lowest BCUT2D eigenvalue weighted by atomic mass is 9.90. The first kappa shape index (κ1) is 21.6. The Morgan fingerprint density at radius 1 is 1.09 bits per heavy atom. The van der Waals surface area contributed by atoms with Gasteiger partial charge in [0.15, 0.2) is 11.3 Å². The normalized spacial score (nSPS) is 19.6. The molecular weight excluding hydrogens is 431 g/mol. The van der Waals surface area contributed by atoms with Crippen molar-refractivity contribution in [3.63, 3.8) is 0 Å². The van der Waals surface area contributed by atoms with Gasteiger partial charge in [0.1, 0.15) is 11.3 Å². The van der Waals surface area contributed by atoms with E-state index in [9.17, 15) is 23.1 Å². The van der Waals surface area contributed by atoms with Crippen LogP contribution < -0.4 is 19.5 Å². The minimum Gasteiger partial charge on any atom is -0.495 e. The largest absolute Gasteiger partial charge is 0.495 e. The maximum absolute atomic E-state index is 14.0. The Labute approximate surface area is 180 Å². The minimum absolute atomic E-state index is 0.00522. The summed E-state index contributed by atoms with van der Waals surface area (Å²) < 4.78 is 62.8. The summed E-state index contributed by atoms with van der Waals surface area (Å²) in [4.78, 5) is 13.4. The molecule has 0 saturated heterocycles. The summed E-state index contributed by atoms with van der Waals surface area (Å²) in [6, 6.07) is 8.16. The Morgan fingerprint density at radius 3 is 2.34 bits per heavy atom. The molecule has 0 saturated carbocycles. The van der Waals surface area contributed by atoms with Gasteiger partial charge in [-0.3, -0.25) is 4.79 Å². The fourth-order valence-electron chi connectivity index (χ4n) is 3.49. The number of carbonyl (C=O) groups is 1. The van der Waals surface area contributed by atoms with Crippen molar-refractivity contribution in [1.82, 2.24) is 0 Å². The molecule has 0 bridgehead atoms. The molecule has 0 unspecified atom stereocenters. The monoisotopic (exact) mass is 449 g/mol. The molecule has 2 heterocycles. The van der Waals surface area contributed by atoms with E-state index in [0.29, 0.717) is 11.1 Å². The fraction of sp³-hybridized carbons (Fsp3) is 0.227. The first-order valence-electron chi connectivity index (χ1n) is 9.34. The van der Waals surface area contributed by atoms with E-state index < -0.39 is 29.1 Å². The van der Waals surface area contributed by atoms with E-state index in [1.54, 1.807) is 24.3 Å². The van der Waals surface area contributed by atoms with Gasteiger partial charge in [0, 0.05) is 11.9 Å². The Hall–Kier alpha value is -3.66. The Bertz CT molecular complexity index is 1230. The quantitative estimate of drug-likeness (QED) is 0.564. The third-order valence-electron chi connectivity index (χ3n) is 5.09. The Kier molecular flexibility index (Phi) is 5.04. The van der Waals surface area contributed by atoms with Gasteiger partial charge in [0.05, 0.1) is 31.4 Å². The standard InChI is InChI=1S/C22H18F3NO6/c1-11-4-6-12(7-5-11)26-10-14-16(27)15-17(29-2)13-8-9-31-18(13)20(30-3)19(15)32-21(14,28)22(23,24)25/h4-10,26,28H,1-3H3/b14-10+/t21-/m1/s1. The van der Waals surface area contributed by atoms with Gasteiger partial charge in [-0.15, -0.1) is 0 Å². The average Bonchev–Trinajstić information content (AvgIpc) is 3.22. The van der Waals surface area contributed by atoms with Gasteiger partial charge in [0.25, 0.3) is 0 Å². The summed E-state index contributed by atoms with van der Waals surface area (Å²) in [7, 11) is 2.43. The molecule has 3 aromatic rings. The lowest BCUT2D eigenvalue weighted by Crippen LogP contribution is -2.56. The number of ketones is 1. The minimum atomic E-state index is -5.36. The van der Waals surface area contributed by atoms with Crippen LogP contribution in [0.2, 0.25) is 0 Å². The molecule has 0 fully saturated rings. The van der Waals surface area contributed by atoms with Crippen molar-refractivity contribution in [2.75, 3.05) is 19.5 Å². The zero-order valence-corrected chi connectivity index (χ0v) is 17.2. The van der Waals surface area contributed by atoms with Gasteiger partial charge in [-0.25, -0.2) is 0 Å². The second kappa shape index (κ2) is 7.49. The third-order valence-corrected chi connectivity index (χ3v) is 5.09. The number of alkyl halides is 3. The van der Waals surface area contributed by atoms with Crippen molar-refractivity contribution in [1.29, 1.82) is 0 Å². The predicted molar refractivity (Wildman–Crippen MR) is 108 cm³/mol. The SMILES string of the molecule is COc1c2c(c(OC)c3occc13)O[C@@](O)(C(F)(F)F)/C(=C/Nc1ccc(C)cc1)C2=O. The van der Waals surface area contributed by atoms with Crippen LogP contribution in [-0.4, -0.2) is 37.1 Å². The number of hydrogen-bond donors (Lipinski definition) is 2. The molecule has 1 aromatic heterocycles. The van der Waals surface area contributed by atoms with Gasteiger partial charge < -0.3 is 29.1 Å². The van der Waals surface area contributed by atoms with Gasteiger partial charge in [-0.2, -0.15) is 13.2 Å². The number of benzene rings is 2. The van der Waals surface area contributed by atoms with E-state index in [4.69, 9.17) is 18.6 Å². The molecule has 0 aliphatic carbocycles. The van der Waals surface area contributed by atoms with Crippen LogP contribution in [0.25, 0.3) is 11.0 Å². The van der Waals surface area contributed by atoms with Crippen LogP contribution in [0.3, 0.4) is 0 Å². The summed E-state index contributed by atoms with van der Waals surface area (Å²) in [5.41, 5.74) is -0.0564. The number of anilines is 1. The van der Waals surface area contributed by atoms with Crippen molar-refractivity contribution in [2.45, 2.75) is 18.9 Å². The van der Waals surface area contributed by atoms with Crippen molar-refractivity contribution in [2.24, 2.45) is 0 Å². The highest BCUT2D eigenvalue weighted by molar-refractivity contribution is 6.18. The molecule has 1 aliphatic rings. The molecule has 0 amide bonds. The summed E-state index contributed by atoms with van der Waals surface area (Å²) in [6.45, 7) is 1.84. The molecule has 1 atom stereocenters. The fourth-order valence-corrected chi connectivity index (χ4v) is 3.49. The molecule has 1 aliphatic heterocycles.